The normalized spacial score (nSPS) is 11.8. The lowest BCUT2D eigenvalue weighted by molar-refractivity contribution is -0.119. The summed E-state index contributed by atoms with van der Waals surface area (Å²) in [5.41, 5.74) is 0.207. The maximum Gasteiger partial charge on any atom is 0.340 e. The second kappa shape index (κ2) is 6.61. The van der Waals surface area contributed by atoms with Crippen LogP contribution in [0.4, 0.5) is 0 Å². The molecule has 18 heavy (non-hydrogen) atoms. The van der Waals surface area contributed by atoms with Crippen molar-refractivity contribution in [3.8, 4) is 0 Å². The number of amides is 1. The quantitative estimate of drug-likeness (QED) is 0.867. The van der Waals surface area contributed by atoms with Crippen LogP contribution in [-0.2, 0) is 9.53 Å². The van der Waals surface area contributed by atoms with Gasteiger partial charge in [-0.3, -0.25) is 4.79 Å². The Morgan fingerprint density at radius 1 is 1.39 bits per heavy atom. The number of rotatable bonds is 4. The lowest BCUT2D eigenvalue weighted by atomic mass is 10.2. The number of hydrogen-bond acceptors (Lipinski definition) is 3. The zero-order chi connectivity index (χ0) is 13.7. The summed E-state index contributed by atoms with van der Waals surface area (Å²) in [5, 5.41) is 3.23. The summed E-state index contributed by atoms with van der Waals surface area (Å²) in [6.45, 7) is 3.31. The molecule has 6 heteroatoms. The first-order chi connectivity index (χ1) is 8.40. The van der Waals surface area contributed by atoms with E-state index in [9.17, 15) is 9.59 Å². The molecule has 4 nitrogen and oxygen atoms in total. The summed E-state index contributed by atoms with van der Waals surface area (Å²) in [6.07, 6.45) is -0.448. The largest absolute Gasteiger partial charge is 0.457 e. The van der Waals surface area contributed by atoms with E-state index in [0.717, 1.165) is 0 Å². The standard InChI is InChI=1S/C12H13Cl2NO3/c1-7(6-15-8(2)16)18-12(17)10-5-9(13)3-4-11(10)14/h3-5,7H,6H2,1-2H3,(H,15,16). The zero-order valence-electron chi connectivity index (χ0n) is 10.00. The van der Waals surface area contributed by atoms with Crippen molar-refractivity contribution < 1.29 is 14.3 Å². The fourth-order valence-electron chi connectivity index (χ4n) is 1.23. The van der Waals surface area contributed by atoms with E-state index in [1.807, 2.05) is 0 Å². The first kappa shape index (κ1) is 14.8. The summed E-state index contributed by atoms with van der Waals surface area (Å²) in [5.74, 6) is -0.751. The first-order valence-corrected chi connectivity index (χ1v) is 6.06. The van der Waals surface area contributed by atoms with Crippen LogP contribution in [0.25, 0.3) is 0 Å². The van der Waals surface area contributed by atoms with Gasteiger partial charge >= 0.3 is 5.97 Å². The second-order valence-electron chi connectivity index (χ2n) is 3.78. The van der Waals surface area contributed by atoms with Crippen molar-refractivity contribution >= 4 is 35.1 Å². The highest BCUT2D eigenvalue weighted by Crippen LogP contribution is 2.21. The number of carbonyl (C=O) groups excluding carboxylic acids is 2. The number of ether oxygens (including phenoxy) is 1. The van der Waals surface area contributed by atoms with Crippen molar-refractivity contribution in [3.05, 3.63) is 33.8 Å². The molecule has 98 valence electrons. The maximum absolute atomic E-state index is 11.8. The molecule has 0 aliphatic heterocycles. The van der Waals surface area contributed by atoms with E-state index in [4.69, 9.17) is 27.9 Å². The zero-order valence-corrected chi connectivity index (χ0v) is 11.5. The summed E-state index contributed by atoms with van der Waals surface area (Å²) in [7, 11) is 0. The van der Waals surface area contributed by atoms with Crippen LogP contribution in [0.1, 0.15) is 24.2 Å². The van der Waals surface area contributed by atoms with Gasteiger partial charge in [0.15, 0.2) is 0 Å². The molecule has 1 aromatic carbocycles. The molecule has 0 saturated heterocycles. The number of halogens is 2. The Balaban J connectivity index is 2.64. The van der Waals surface area contributed by atoms with Gasteiger partial charge in [-0.25, -0.2) is 4.79 Å². The Kier molecular flexibility index (Phi) is 5.44. The van der Waals surface area contributed by atoms with E-state index in [0.29, 0.717) is 5.02 Å². The molecule has 1 amide bonds. The summed E-state index contributed by atoms with van der Waals surface area (Å²) < 4.78 is 5.13. The topological polar surface area (TPSA) is 55.4 Å². The van der Waals surface area contributed by atoms with Gasteiger partial charge in [0.1, 0.15) is 6.10 Å². The predicted octanol–water partition coefficient (Wildman–Crippen LogP) is 2.67. The highest BCUT2D eigenvalue weighted by molar-refractivity contribution is 6.35. The molecule has 1 aromatic rings. The number of benzene rings is 1. The van der Waals surface area contributed by atoms with Gasteiger partial charge in [-0.15, -0.1) is 0 Å². The Hall–Kier alpha value is -1.26. The van der Waals surface area contributed by atoms with Gasteiger partial charge in [-0.1, -0.05) is 23.2 Å². The average molecular weight is 290 g/mol. The third-order valence-corrected chi connectivity index (χ3v) is 2.66. The van der Waals surface area contributed by atoms with Crippen LogP contribution in [0.3, 0.4) is 0 Å². The molecule has 1 N–H and O–H groups in total. The molecule has 0 aliphatic carbocycles. The highest BCUT2D eigenvalue weighted by atomic mass is 35.5. The highest BCUT2D eigenvalue weighted by Gasteiger charge is 2.15. The summed E-state index contributed by atoms with van der Waals surface area (Å²) in [6, 6.07) is 4.55. The molecule has 1 rings (SSSR count). The minimum absolute atomic E-state index is 0.182. The van der Waals surface area contributed by atoms with Crippen LogP contribution in [-0.4, -0.2) is 24.5 Å². The van der Waals surface area contributed by atoms with Gasteiger partial charge in [-0.2, -0.15) is 0 Å². The smallest absolute Gasteiger partial charge is 0.340 e. The molecule has 0 aromatic heterocycles. The Morgan fingerprint density at radius 2 is 2.06 bits per heavy atom. The molecule has 0 radical (unpaired) electrons. The molecule has 0 spiro atoms. The number of carbonyl (C=O) groups is 2. The van der Waals surface area contributed by atoms with Gasteiger partial charge < -0.3 is 10.1 Å². The minimum atomic E-state index is -0.569. The lowest BCUT2D eigenvalue weighted by Crippen LogP contribution is -2.31. The Bertz CT molecular complexity index is 463. The van der Waals surface area contributed by atoms with Gasteiger partial charge in [-0.05, 0) is 25.1 Å². The van der Waals surface area contributed by atoms with Crippen molar-refractivity contribution in [3.63, 3.8) is 0 Å². The molecule has 1 atom stereocenters. The fraction of sp³-hybridized carbons (Fsp3) is 0.333. The van der Waals surface area contributed by atoms with Gasteiger partial charge in [0.2, 0.25) is 5.91 Å². The molecule has 0 heterocycles. The third-order valence-electron chi connectivity index (χ3n) is 2.10. The minimum Gasteiger partial charge on any atom is -0.457 e. The van der Waals surface area contributed by atoms with Gasteiger partial charge in [0.05, 0.1) is 17.1 Å². The van der Waals surface area contributed by atoms with Crippen molar-refractivity contribution in [2.24, 2.45) is 0 Å². The van der Waals surface area contributed by atoms with Crippen molar-refractivity contribution in [1.29, 1.82) is 0 Å². The maximum atomic E-state index is 11.8. The second-order valence-corrected chi connectivity index (χ2v) is 4.62. The van der Waals surface area contributed by atoms with Crippen LogP contribution >= 0.6 is 23.2 Å². The summed E-state index contributed by atoms with van der Waals surface area (Å²) in [4.78, 5) is 22.5. The molecule has 0 saturated carbocycles. The van der Waals surface area contributed by atoms with Gasteiger partial charge in [0, 0.05) is 11.9 Å². The fourth-order valence-corrected chi connectivity index (χ4v) is 1.60. The van der Waals surface area contributed by atoms with Crippen molar-refractivity contribution in [2.45, 2.75) is 20.0 Å². The number of hydrogen-bond donors (Lipinski definition) is 1. The predicted molar refractivity (Wildman–Crippen MR) is 70.0 cm³/mol. The molecule has 0 bridgehead atoms. The first-order valence-electron chi connectivity index (χ1n) is 5.30. The molecule has 1 unspecified atom stereocenters. The van der Waals surface area contributed by atoms with Crippen LogP contribution < -0.4 is 5.32 Å². The van der Waals surface area contributed by atoms with Crippen molar-refractivity contribution in [1.82, 2.24) is 5.32 Å². The SMILES string of the molecule is CC(=O)NCC(C)OC(=O)c1cc(Cl)ccc1Cl. The lowest BCUT2D eigenvalue weighted by Gasteiger charge is -2.14. The van der Waals surface area contributed by atoms with Crippen LogP contribution in [0.2, 0.25) is 10.0 Å². The van der Waals surface area contributed by atoms with E-state index >= 15 is 0 Å². The van der Waals surface area contributed by atoms with Crippen LogP contribution in [0.5, 0.6) is 0 Å². The molecule has 0 aliphatic rings. The van der Waals surface area contributed by atoms with Crippen molar-refractivity contribution in [2.75, 3.05) is 6.54 Å². The molecule has 0 fully saturated rings. The summed E-state index contributed by atoms with van der Waals surface area (Å²) >= 11 is 11.6. The number of nitrogens with one attached hydrogen (secondary N) is 1. The van der Waals surface area contributed by atoms with E-state index in [1.54, 1.807) is 13.0 Å². The van der Waals surface area contributed by atoms with Gasteiger partial charge in [0.25, 0.3) is 0 Å². The Morgan fingerprint density at radius 3 is 2.67 bits per heavy atom. The van der Waals surface area contributed by atoms with Crippen LogP contribution in [0, 0.1) is 0 Å². The molecular formula is C12H13Cl2NO3. The van der Waals surface area contributed by atoms with E-state index in [1.165, 1.54) is 19.1 Å². The van der Waals surface area contributed by atoms with E-state index < -0.39 is 12.1 Å². The molecular weight excluding hydrogens is 277 g/mol. The van der Waals surface area contributed by atoms with Crippen LogP contribution in [0.15, 0.2) is 18.2 Å². The monoisotopic (exact) mass is 289 g/mol. The number of esters is 1. The Labute approximate surface area is 115 Å². The van der Waals surface area contributed by atoms with E-state index in [-0.39, 0.29) is 23.0 Å². The van der Waals surface area contributed by atoms with E-state index in [2.05, 4.69) is 5.32 Å². The average Bonchev–Trinajstić information content (AvgIpc) is 2.29. The third kappa shape index (κ3) is 4.55.